The molecule has 0 spiro atoms. The minimum atomic E-state index is 0.210. The van der Waals surface area contributed by atoms with Crippen LogP contribution in [-0.4, -0.2) is 51.9 Å². The number of carbonyl (C=O) groups excluding carboxylic acids is 1. The van der Waals surface area contributed by atoms with Crippen LogP contribution in [0.4, 0.5) is 0 Å². The molecule has 132 valence electrons. The lowest BCUT2D eigenvalue weighted by Gasteiger charge is -2.28. The summed E-state index contributed by atoms with van der Waals surface area (Å²) in [6.07, 6.45) is 3.64. The number of benzene rings is 1. The summed E-state index contributed by atoms with van der Waals surface area (Å²) >= 11 is 0. The van der Waals surface area contributed by atoms with Crippen LogP contribution in [0.1, 0.15) is 23.0 Å². The third kappa shape index (κ3) is 2.86. The lowest BCUT2D eigenvalue weighted by Crippen LogP contribution is -2.35. The number of hydrogen-bond donors (Lipinski definition) is 0. The molecule has 3 heterocycles. The van der Waals surface area contributed by atoms with Gasteiger partial charge in [-0.1, -0.05) is 24.3 Å². The van der Waals surface area contributed by atoms with Crippen LogP contribution in [-0.2, 0) is 11.3 Å². The molecule has 2 fully saturated rings. The van der Waals surface area contributed by atoms with Crippen molar-refractivity contribution in [3.05, 3.63) is 53.6 Å². The highest BCUT2D eigenvalue weighted by molar-refractivity contribution is 5.76. The van der Waals surface area contributed by atoms with Crippen molar-refractivity contribution in [3.63, 3.8) is 0 Å². The molecular weight excluding hydrogens is 312 g/mol. The molecule has 2 aliphatic heterocycles. The predicted molar refractivity (Wildman–Crippen MR) is 97.1 cm³/mol. The molecule has 4 rings (SSSR count). The number of likely N-dealkylation sites (tertiary alicyclic amines) is 2. The average Bonchev–Trinajstić information content (AvgIpc) is 3.23. The molecule has 25 heavy (non-hydrogen) atoms. The SMILES string of the molecule is Cc1ccccc1[C@H]1[C@@H]2CN(C(=O)Cn3ccnc3C)C[C@@H]2CN1C. The van der Waals surface area contributed by atoms with E-state index in [0.717, 1.165) is 25.5 Å². The molecule has 5 nitrogen and oxygen atoms in total. The number of imidazole rings is 1. The fourth-order valence-corrected chi connectivity index (χ4v) is 4.66. The molecule has 1 aromatic carbocycles. The Hall–Kier alpha value is -2.14. The molecule has 0 N–H and O–H groups in total. The number of nitrogens with zero attached hydrogens (tertiary/aromatic N) is 4. The summed E-state index contributed by atoms with van der Waals surface area (Å²) in [5.74, 6) is 2.20. The minimum Gasteiger partial charge on any atom is -0.340 e. The quantitative estimate of drug-likeness (QED) is 0.862. The lowest BCUT2D eigenvalue weighted by atomic mass is 9.88. The van der Waals surface area contributed by atoms with Gasteiger partial charge >= 0.3 is 0 Å². The predicted octanol–water partition coefficient (Wildman–Crippen LogP) is 2.26. The van der Waals surface area contributed by atoms with Crippen LogP contribution in [0.3, 0.4) is 0 Å². The van der Waals surface area contributed by atoms with Gasteiger partial charge in [0.25, 0.3) is 0 Å². The highest BCUT2D eigenvalue weighted by atomic mass is 16.2. The third-order valence-electron chi connectivity index (χ3n) is 5.98. The Bertz CT molecular complexity index is 784. The van der Waals surface area contributed by atoms with Gasteiger partial charge in [0, 0.05) is 44.0 Å². The third-order valence-corrected chi connectivity index (χ3v) is 5.98. The van der Waals surface area contributed by atoms with E-state index in [4.69, 9.17) is 0 Å². The van der Waals surface area contributed by atoms with E-state index in [2.05, 4.69) is 53.0 Å². The van der Waals surface area contributed by atoms with Gasteiger partial charge in [-0.25, -0.2) is 4.98 Å². The highest BCUT2D eigenvalue weighted by Gasteiger charge is 2.47. The maximum atomic E-state index is 12.8. The van der Waals surface area contributed by atoms with Crippen LogP contribution in [0.5, 0.6) is 0 Å². The van der Waals surface area contributed by atoms with Gasteiger partial charge in [0.2, 0.25) is 5.91 Å². The summed E-state index contributed by atoms with van der Waals surface area (Å²) in [4.78, 5) is 21.5. The second kappa shape index (κ2) is 6.30. The Labute approximate surface area is 149 Å². The van der Waals surface area contributed by atoms with Gasteiger partial charge < -0.3 is 9.47 Å². The summed E-state index contributed by atoms with van der Waals surface area (Å²) in [5.41, 5.74) is 2.76. The van der Waals surface area contributed by atoms with E-state index < -0.39 is 0 Å². The molecular formula is C20H26N4O. The zero-order valence-electron chi connectivity index (χ0n) is 15.2. The van der Waals surface area contributed by atoms with E-state index >= 15 is 0 Å². The van der Waals surface area contributed by atoms with E-state index in [-0.39, 0.29) is 5.91 Å². The molecule has 2 saturated heterocycles. The fraction of sp³-hybridized carbons (Fsp3) is 0.500. The molecule has 5 heteroatoms. The van der Waals surface area contributed by atoms with Crippen LogP contribution < -0.4 is 0 Å². The van der Waals surface area contributed by atoms with Gasteiger partial charge in [-0.15, -0.1) is 0 Å². The van der Waals surface area contributed by atoms with Crippen LogP contribution >= 0.6 is 0 Å². The van der Waals surface area contributed by atoms with E-state index in [1.165, 1.54) is 11.1 Å². The Kier molecular flexibility index (Phi) is 4.12. The summed E-state index contributed by atoms with van der Waals surface area (Å²) < 4.78 is 1.93. The normalized spacial score (nSPS) is 26.2. The number of aromatic nitrogens is 2. The first-order chi connectivity index (χ1) is 12.0. The number of fused-ring (bicyclic) bond motifs is 1. The standard InChI is InChI=1S/C20H26N4O/c1-14-6-4-5-7-17(14)20-18-12-24(11-16(18)10-22(20)3)19(25)13-23-9-8-21-15(23)2/h4-9,16,18,20H,10-13H2,1-3H3/t16-,18+,20-/m0/s1. The number of aryl methyl sites for hydroxylation is 2. The van der Waals surface area contributed by atoms with Crippen LogP contribution in [0, 0.1) is 25.7 Å². The van der Waals surface area contributed by atoms with Crippen molar-refractivity contribution in [2.24, 2.45) is 11.8 Å². The summed E-state index contributed by atoms with van der Waals surface area (Å²) in [6, 6.07) is 9.08. The second-order valence-electron chi connectivity index (χ2n) is 7.57. The Balaban J connectivity index is 1.50. The first kappa shape index (κ1) is 16.3. The molecule has 3 atom stereocenters. The molecule has 0 aliphatic carbocycles. The van der Waals surface area contributed by atoms with Crippen molar-refractivity contribution in [2.45, 2.75) is 26.4 Å². The number of carbonyl (C=O) groups is 1. The maximum Gasteiger partial charge on any atom is 0.242 e. The number of hydrogen-bond acceptors (Lipinski definition) is 3. The largest absolute Gasteiger partial charge is 0.340 e. The Morgan fingerprint density at radius 3 is 2.72 bits per heavy atom. The van der Waals surface area contributed by atoms with Crippen molar-refractivity contribution in [3.8, 4) is 0 Å². The molecule has 2 aromatic rings. The van der Waals surface area contributed by atoms with Crippen molar-refractivity contribution in [2.75, 3.05) is 26.7 Å². The molecule has 0 radical (unpaired) electrons. The first-order valence-corrected chi connectivity index (χ1v) is 9.06. The van der Waals surface area contributed by atoms with E-state index in [1.807, 2.05) is 17.7 Å². The minimum absolute atomic E-state index is 0.210. The fourth-order valence-electron chi connectivity index (χ4n) is 4.66. The monoisotopic (exact) mass is 338 g/mol. The van der Waals surface area contributed by atoms with Gasteiger partial charge in [-0.2, -0.15) is 0 Å². The smallest absolute Gasteiger partial charge is 0.242 e. The Morgan fingerprint density at radius 1 is 1.20 bits per heavy atom. The number of amides is 1. The van der Waals surface area contributed by atoms with Crippen molar-refractivity contribution in [1.29, 1.82) is 0 Å². The summed E-state index contributed by atoms with van der Waals surface area (Å²) in [5, 5.41) is 0. The topological polar surface area (TPSA) is 41.4 Å². The average molecular weight is 338 g/mol. The zero-order valence-corrected chi connectivity index (χ0v) is 15.2. The van der Waals surface area contributed by atoms with Gasteiger partial charge in [-0.05, 0) is 37.9 Å². The summed E-state index contributed by atoms with van der Waals surface area (Å²) in [6.45, 7) is 7.34. The molecule has 0 bridgehead atoms. The number of rotatable bonds is 3. The van der Waals surface area contributed by atoms with E-state index in [9.17, 15) is 4.79 Å². The molecule has 1 aromatic heterocycles. The lowest BCUT2D eigenvalue weighted by molar-refractivity contribution is -0.131. The zero-order chi connectivity index (χ0) is 17.6. The van der Waals surface area contributed by atoms with Gasteiger partial charge in [0.05, 0.1) is 0 Å². The van der Waals surface area contributed by atoms with E-state index in [1.54, 1.807) is 6.20 Å². The van der Waals surface area contributed by atoms with Crippen LogP contribution in [0.15, 0.2) is 36.7 Å². The van der Waals surface area contributed by atoms with Crippen molar-refractivity contribution >= 4 is 5.91 Å². The molecule has 1 amide bonds. The van der Waals surface area contributed by atoms with E-state index in [0.29, 0.717) is 24.4 Å². The molecule has 0 unspecified atom stereocenters. The van der Waals surface area contributed by atoms with Gasteiger partial charge in [0.1, 0.15) is 12.4 Å². The molecule has 0 saturated carbocycles. The van der Waals surface area contributed by atoms with Crippen LogP contribution in [0.25, 0.3) is 0 Å². The maximum absolute atomic E-state index is 12.8. The highest BCUT2D eigenvalue weighted by Crippen LogP contribution is 2.44. The van der Waals surface area contributed by atoms with Gasteiger partial charge in [0.15, 0.2) is 0 Å². The van der Waals surface area contributed by atoms with Crippen LogP contribution in [0.2, 0.25) is 0 Å². The Morgan fingerprint density at radius 2 is 2.00 bits per heavy atom. The van der Waals surface area contributed by atoms with Crippen molar-refractivity contribution < 1.29 is 4.79 Å². The second-order valence-corrected chi connectivity index (χ2v) is 7.57. The first-order valence-electron chi connectivity index (χ1n) is 9.06. The molecule has 2 aliphatic rings. The summed E-state index contributed by atoms with van der Waals surface area (Å²) in [7, 11) is 2.22. The van der Waals surface area contributed by atoms with Crippen molar-refractivity contribution in [1.82, 2.24) is 19.4 Å². The van der Waals surface area contributed by atoms with Gasteiger partial charge in [-0.3, -0.25) is 9.69 Å².